The lowest BCUT2D eigenvalue weighted by Gasteiger charge is -2.06. The van der Waals surface area contributed by atoms with E-state index >= 15 is 0 Å². The predicted molar refractivity (Wildman–Crippen MR) is 150 cm³/mol. The first-order chi connectivity index (χ1) is 18.3. The molecule has 2 heterocycles. The van der Waals surface area contributed by atoms with Gasteiger partial charge in [-0.25, -0.2) is 0 Å². The Hall–Kier alpha value is -4.82. The van der Waals surface area contributed by atoms with E-state index in [0.29, 0.717) is 49.5 Å². The van der Waals surface area contributed by atoms with Crippen molar-refractivity contribution < 1.29 is 0 Å². The fraction of sp³-hybridized carbons (Fsp3) is 0.391. The van der Waals surface area contributed by atoms with Crippen molar-refractivity contribution in [2.75, 3.05) is 47.9 Å². The monoisotopic (exact) mass is 521 g/mol. The second-order valence-electron chi connectivity index (χ2n) is 8.40. The zero-order valence-corrected chi connectivity index (χ0v) is 21.2. The summed E-state index contributed by atoms with van der Waals surface area (Å²) < 4.78 is 0. The van der Waals surface area contributed by atoms with E-state index < -0.39 is 0 Å². The lowest BCUT2D eigenvalue weighted by molar-refractivity contribution is 0.668. The van der Waals surface area contributed by atoms with E-state index in [1.807, 2.05) is 24.3 Å². The number of aromatic nitrogens is 6. The van der Waals surface area contributed by atoms with Crippen LogP contribution in [0.5, 0.6) is 0 Å². The Morgan fingerprint density at radius 1 is 0.605 bits per heavy atom. The lowest BCUT2D eigenvalue weighted by Crippen LogP contribution is -2.17. The number of nitrogens with one attached hydrogen (secondary N) is 1. The normalized spacial score (nSPS) is 12.0. The molecule has 0 fully saturated rings. The molecule has 0 aliphatic rings. The van der Waals surface area contributed by atoms with Crippen molar-refractivity contribution in [1.29, 1.82) is 0 Å². The van der Waals surface area contributed by atoms with Crippen LogP contribution in [-0.4, -0.2) is 61.2 Å². The summed E-state index contributed by atoms with van der Waals surface area (Å²) >= 11 is 0. The number of aryl methyl sites for hydroxylation is 1. The first kappa shape index (κ1) is 27.8. The van der Waals surface area contributed by atoms with Crippen molar-refractivity contribution in [2.45, 2.75) is 38.5 Å². The first-order valence-corrected chi connectivity index (χ1v) is 12.3. The molecule has 0 aliphatic heterocycles. The van der Waals surface area contributed by atoms with Crippen molar-refractivity contribution in [2.24, 2.45) is 21.5 Å². The van der Waals surface area contributed by atoms with Gasteiger partial charge in [-0.1, -0.05) is 30.7 Å². The van der Waals surface area contributed by atoms with Gasteiger partial charge in [0.25, 0.3) is 0 Å². The number of rotatable bonds is 14. The molecule has 0 saturated carbocycles. The molecular formula is C23H35N15. The Balaban J connectivity index is 1.34. The van der Waals surface area contributed by atoms with E-state index in [1.54, 1.807) is 0 Å². The van der Waals surface area contributed by atoms with Gasteiger partial charge in [0, 0.05) is 37.2 Å². The number of unbranched alkanes of at least 4 members (excludes halogenated alkanes) is 3. The average Bonchev–Trinajstić information content (AvgIpc) is 2.87. The van der Waals surface area contributed by atoms with Crippen molar-refractivity contribution in [3.63, 3.8) is 0 Å². The maximum absolute atomic E-state index is 6.15. The molecule has 3 aromatic rings. The fourth-order valence-corrected chi connectivity index (χ4v) is 3.46. The topological polar surface area (TPSA) is 270 Å². The molecule has 1 aromatic carbocycles. The van der Waals surface area contributed by atoms with Crippen LogP contribution < -0.4 is 39.7 Å². The van der Waals surface area contributed by atoms with E-state index in [2.05, 4.69) is 45.2 Å². The van der Waals surface area contributed by atoms with E-state index in [4.69, 9.17) is 34.4 Å². The van der Waals surface area contributed by atoms with Crippen LogP contribution in [0.25, 0.3) is 0 Å². The molecule has 0 aliphatic carbocycles. The van der Waals surface area contributed by atoms with Crippen LogP contribution in [0.15, 0.2) is 34.3 Å². The summed E-state index contributed by atoms with van der Waals surface area (Å²) in [6, 6.07) is 7.56. The van der Waals surface area contributed by atoms with Gasteiger partial charge in [0.1, 0.15) is 17.5 Å². The van der Waals surface area contributed by atoms with Crippen molar-refractivity contribution in [3.05, 3.63) is 41.2 Å². The highest BCUT2D eigenvalue weighted by Gasteiger charge is 2.04. The number of hydrogen-bond donors (Lipinski definition) is 7. The molecule has 0 bridgehead atoms. The maximum atomic E-state index is 6.15. The molecule has 0 amide bonds. The third kappa shape index (κ3) is 9.33. The average molecular weight is 522 g/mol. The number of hydrogen-bond acceptors (Lipinski definition) is 13. The van der Waals surface area contributed by atoms with Crippen LogP contribution in [0.3, 0.4) is 0 Å². The van der Waals surface area contributed by atoms with Crippen LogP contribution in [0.4, 0.5) is 29.7 Å². The van der Waals surface area contributed by atoms with Crippen LogP contribution in [-0.2, 0) is 6.42 Å². The molecule has 38 heavy (non-hydrogen) atoms. The van der Waals surface area contributed by atoms with Gasteiger partial charge < -0.3 is 39.7 Å². The van der Waals surface area contributed by atoms with Crippen LogP contribution in [0, 0.1) is 0 Å². The Labute approximate surface area is 220 Å². The molecule has 0 saturated heterocycles. The van der Waals surface area contributed by atoms with Gasteiger partial charge in [-0.2, -0.15) is 29.9 Å². The van der Waals surface area contributed by atoms with Gasteiger partial charge in [-0.3, -0.25) is 9.98 Å². The Morgan fingerprint density at radius 2 is 1.08 bits per heavy atom. The highest BCUT2D eigenvalue weighted by atomic mass is 15.2. The highest BCUT2D eigenvalue weighted by Crippen LogP contribution is 2.08. The molecule has 0 unspecified atom stereocenters. The van der Waals surface area contributed by atoms with E-state index in [9.17, 15) is 0 Å². The second kappa shape index (κ2) is 14.1. The van der Waals surface area contributed by atoms with Crippen molar-refractivity contribution in [1.82, 2.24) is 29.9 Å². The summed E-state index contributed by atoms with van der Waals surface area (Å²) in [7, 11) is 0. The fourth-order valence-electron chi connectivity index (χ4n) is 3.46. The molecular weight excluding hydrogens is 486 g/mol. The van der Waals surface area contributed by atoms with Crippen molar-refractivity contribution in [3.8, 4) is 0 Å². The molecule has 15 heteroatoms. The van der Waals surface area contributed by atoms with E-state index in [-0.39, 0.29) is 23.8 Å². The number of amidine groups is 2. The Bertz CT molecular complexity index is 1100. The minimum absolute atomic E-state index is 0.0818. The highest BCUT2D eigenvalue weighted by molar-refractivity contribution is 6.00. The summed E-state index contributed by atoms with van der Waals surface area (Å²) in [4.78, 5) is 32.5. The Morgan fingerprint density at radius 3 is 1.61 bits per heavy atom. The molecule has 15 nitrogen and oxygen atoms in total. The van der Waals surface area contributed by atoms with Crippen molar-refractivity contribution >= 4 is 41.4 Å². The number of nitrogens with zero attached hydrogens (tertiary/aromatic N) is 8. The minimum atomic E-state index is 0.0818. The van der Waals surface area contributed by atoms with Gasteiger partial charge in [0.2, 0.25) is 29.7 Å². The molecule has 13 N–H and O–H groups in total. The maximum Gasteiger partial charge on any atom is 0.229 e. The molecule has 0 radical (unpaired) electrons. The third-order valence-electron chi connectivity index (χ3n) is 5.35. The molecule has 2 aromatic heterocycles. The van der Waals surface area contributed by atoms with Gasteiger partial charge in [-0.05, 0) is 25.7 Å². The number of aliphatic imine (C=N–C) groups is 2. The summed E-state index contributed by atoms with van der Waals surface area (Å²) in [6.07, 6.45) is 5.09. The lowest BCUT2D eigenvalue weighted by atomic mass is 10.1. The van der Waals surface area contributed by atoms with Gasteiger partial charge in [-0.15, -0.1) is 0 Å². The number of nitrogen functional groups attached to an aromatic ring is 4. The largest absolute Gasteiger partial charge is 0.384 e. The SMILES string of the molecule is NC(=NCCCCCc1nc(N)nc(N)n1)c1ccc(C(N)=NCCCCNc2nc(N)nc(N)n2)cc1. The van der Waals surface area contributed by atoms with Crippen LogP contribution in [0.1, 0.15) is 49.1 Å². The summed E-state index contributed by atoms with van der Waals surface area (Å²) in [5.74, 6) is 2.36. The number of anilines is 5. The molecule has 202 valence electrons. The zero-order valence-electron chi connectivity index (χ0n) is 21.2. The van der Waals surface area contributed by atoms with Gasteiger partial charge >= 0.3 is 0 Å². The van der Waals surface area contributed by atoms with Gasteiger partial charge in [0.15, 0.2) is 0 Å². The quantitative estimate of drug-likeness (QED) is 0.0843. The third-order valence-corrected chi connectivity index (χ3v) is 5.35. The molecule has 3 rings (SSSR count). The second-order valence-corrected chi connectivity index (χ2v) is 8.40. The smallest absolute Gasteiger partial charge is 0.229 e. The minimum Gasteiger partial charge on any atom is -0.384 e. The predicted octanol–water partition coefficient (Wildman–Crippen LogP) is 0.101. The first-order valence-electron chi connectivity index (χ1n) is 12.3. The Kier molecular flexibility index (Phi) is 10.3. The summed E-state index contributed by atoms with van der Waals surface area (Å²) in [5, 5.41) is 3.06. The zero-order chi connectivity index (χ0) is 27.3. The number of nitrogens with two attached hydrogens (primary N) is 6. The van der Waals surface area contributed by atoms with E-state index in [1.165, 1.54) is 0 Å². The van der Waals surface area contributed by atoms with Gasteiger partial charge in [0.05, 0.1) is 0 Å². The van der Waals surface area contributed by atoms with E-state index in [0.717, 1.165) is 43.2 Å². The van der Waals surface area contributed by atoms with Crippen LogP contribution in [0.2, 0.25) is 0 Å². The number of benzene rings is 1. The summed E-state index contributed by atoms with van der Waals surface area (Å²) in [5.41, 5.74) is 36.2. The summed E-state index contributed by atoms with van der Waals surface area (Å²) in [6.45, 7) is 1.87. The molecule has 0 atom stereocenters. The molecule has 0 spiro atoms. The van der Waals surface area contributed by atoms with Crippen LogP contribution >= 0.6 is 0 Å². The standard InChI is InChI=1S/C23H35N15/c24-17(30-11-3-1-2-6-16-33-19(26)35-20(27)34-16)14-7-9-15(10-8-14)18(25)31-12-4-5-13-32-23-37-21(28)36-22(29)38-23/h7-10H,1-6,11-13H2,(H2,24,30)(H2,25,31)(H4,26,27,33,34,35)(H5,28,29,32,36,37,38).